The van der Waals surface area contributed by atoms with Crippen molar-refractivity contribution in [3.63, 3.8) is 0 Å². The van der Waals surface area contributed by atoms with E-state index >= 15 is 0 Å². The summed E-state index contributed by atoms with van der Waals surface area (Å²) in [5.41, 5.74) is 0.682. The Labute approximate surface area is 155 Å². The minimum absolute atomic E-state index is 0.0746. The molecule has 0 bridgehead atoms. The fraction of sp³-hybridized carbons (Fsp3) is 0.0588. The number of carbonyl (C=O) groups is 2. The molecular formula is C17H11F3N4O2S. The van der Waals surface area contributed by atoms with Crippen LogP contribution >= 0.6 is 11.3 Å². The molecule has 1 heterocycles. The van der Waals surface area contributed by atoms with Gasteiger partial charge in [0.05, 0.1) is 11.3 Å². The summed E-state index contributed by atoms with van der Waals surface area (Å²) in [7, 11) is 0. The molecular weight excluding hydrogens is 381 g/mol. The molecule has 0 spiro atoms. The van der Waals surface area contributed by atoms with E-state index in [1.807, 2.05) is 0 Å². The van der Waals surface area contributed by atoms with E-state index in [0.717, 1.165) is 0 Å². The second-order valence-electron chi connectivity index (χ2n) is 5.23. The highest BCUT2D eigenvalue weighted by atomic mass is 32.1. The molecule has 27 heavy (non-hydrogen) atoms. The maximum Gasteiger partial charge on any atom is 0.445 e. The van der Waals surface area contributed by atoms with Crippen molar-refractivity contribution in [1.82, 2.24) is 10.2 Å². The SMILES string of the molecule is O=C(Nc1ccccc1C(=O)Nc1nnc(C(F)(F)F)s1)c1ccccc1. The van der Waals surface area contributed by atoms with Crippen molar-refractivity contribution in [2.75, 3.05) is 10.6 Å². The third kappa shape index (κ3) is 4.47. The topological polar surface area (TPSA) is 84.0 Å². The first-order valence-corrected chi connectivity index (χ1v) is 8.34. The molecule has 2 aromatic carbocycles. The standard InChI is InChI=1S/C17H11F3N4O2S/c18-17(19,20)15-23-24-16(27-15)22-14(26)11-8-4-5-9-12(11)21-13(25)10-6-2-1-3-7-10/h1-9H,(H,21,25)(H,22,24,26). The molecule has 0 aliphatic heterocycles. The van der Waals surface area contributed by atoms with Gasteiger partial charge in [0, 0.05) is 5.56 Å². The van der Waals surface area contributed by atoms with Gasteiger partial charge in [-0.15, -0.1) is 10.2 Å². The third-order valence-electron chi connectivity index (χ3n) is 3.34. The number of hydrogen-bond acceptors (Lipinski definition) is 5. The average molecular weight is 392 g/mol. The number of hydrogen-bond donors (Lipinski definition) is 2. The lowest BCUT2D eigenvalue weighted by atomic mass is 10.1. The van der Waals surface area contributed by atoms with E-state index in [1.165, 1.54) is 12.1 Å². The number of aromatic nitrogens is 2. The van der Waals surface area contributed by atoms with Crippen molar-refractivity contribution in [2.45, 2.75) is 6.18 Å². The first-order chi connectivity index (χ1) is 12.8. The fourth-order valence-electron chi connectivity index (χ4n) is 2.13. The van der Waals surface area contributed by atoms with E-state index in [-0.39, 0.29) is 27.7 Å². The monoisotopic (exact) mass is 392 g/mol. The minimum atomic E-state index is -4.64. The molecule has 0 radical (unpaired) electrons. The van der Waals surface area contributed by atoms with Crippen molar-refractivity contribution in [1.29, 1.82) is 0 Å². The lowest BCUT2D eigenvalue weighted by molar-refractivity contribution is -0.138. The maximum absolute atomic E-state index is 12.6. The fourth-order valence-corrected chi connectivity index (χ4v) is 2.73. The Balaban J connectivity index is 1.78. The van der Waals surface area contributed by atoms with Crippen LogP contribution in [-0.2, 0) is 6.18 Å². The van der Waals surface area contributed by atoms with Crippen LogP contribution in [0.5, 0.6) is 0 Å². The Hall–Kier alpha value is -3.27. The molecule has 0 unspecified atom stereocenters. The Kier molecular flexibility index (Phi) is 5.17. The number of benzene rings is 2. The van der Waals surface area contributed by atoms with Gasteiger partial charge in [0.25, 0.3) is 11.8 Å². The largest absolute Gasteiger partial charge is 0.445 e. The first-order valence-electron chi connectivity index (χ1n) is 7.52. The van der Waals surface area contributed by atoms with Gasteiger partial charge < -0.3 is 5.32 Å². The molecule has 0 saturated heterocycles. The summed E-state index contributed by atoms with van der Waals surface area (Å²) in [6.45, 7) is 0. The van der Waals surface area contributed by atoms with Crippen LogP contribution in [0.3, 0.4) is 0 Å². The Bertz CT molecular complexity index is 974. The number of halogens is 3. The van der Waals surface area contributed by atoms with Gasteiger partial charge in [-0.1, -0.05) is 41.7 Å². The van der Waals surface area contributed by atoms with Crippen molar-refractivity contribution in [3.8, 4) is 0 Å². The zero-order valence-electron chi connectivity index (χ0n) is 13.4. The molecule has 0 fully saturated rings. The molecule has 2 amide bonds. The van der Waals surface area contributed by atoms with Crippen molar-refractivity contribution >= 4 is 34.0 Å². The molecule has 1 aromatic heterocycles. The Morgan fingerprint density at radius 2 is 1.52 bits per heavy atom. The van der Waals surface area contributed by atoms with E-state index < -0.39 is 23.0 Å². The van der Waals surface area contributed by atoms with Gasteiger partial charge in [-0.3, -0.25) is 14.9 Å². The summed E-state index contributed by atoms with van der Waals surface area (Å²) in [5.74, 6) is -1.14. The maximum atomic E-state index is 12.6. The number of anilines is 2. The van der Waals surface area contributed by atoms with E-state index in [9.17, 15) is 22.8 Å². The highest BCUT2D eigenvalue weighted by molar-refractivity contribution is 7.15. The number of rotatable bonds is 4. The Morgan fingerprint density at radius 3 is 2.19 bits per heavy atom. The lowest BCUT2D eigenvalue weighted by Crippen LogP contribution is -2.18. The third-order valence-corrected chi connectivity index (χ3v) is 4.23. The first kappa shape index (κ1) is 18.5. The molecule has 3 aromatic rings. The van der Waals surface area contributed by atoms with Crippen molar-refractivity contribution in [3.05, 3.63) is 70.7 Å². The number of nitrogens with one attached hydrogen (secondary N) is 2. The van der Waals surface area contributed by atoms with Crippen LogP contribution in [0, 0.1) is 0 Å². The van der Waals surface area contributed by atoms with Crippen LogP contribution < -0.4 is 10.6 Å². The molecule has 0 saturated carbocycles. The zero-order chi connectivity index (χ0) is 19.4. The quantitative estimate of drug-likeness (QED) is 0.701. The van der Waals surface area contributed by atoms with Crippen molar-refractivity contribution in [2.24, 2.45) is 0 Å². The number of para-hydroxylation sites is 1. The van der Waals surface area contributed by atoms with Crippen LogP contribution in [0.25, 0.3) is 0 Å². The van der Waals surface area contributed by atoms with Gasteiger partial charge in [-0.05, 0) is 24.3 Å². The molecule has 3 rings (SSSR count). The van der Waals surface area contributed by atoms with E-state index in [0.29, 0.717) is 5.56 Å². The van der Waals surface area contributed by atoms with Gasteiger partial charge in [-0.2, -0.15) is 13.2 Å². The zero-order valence-corrected chi connectivity index (χ0v) is 14.3. The number of carbonyl (C=O) groups excluding carboxylic acids is 2. The molecule has 6 nitrogen and oxygen atoms in total. The lowest BCUT2D eigenvalue weighted by Gasteiger charge is -2.10. The summed E-state index contributed by atoms with van der Waals surface area (Å²) in [6.07, 6.45) is -4.64. The van der Waals surface area contributed by atoms with E-state index in [4.69, 9.17) is 0 Å². The molecule has 10 heteroatoms. The minimum Gasteiger partial charge on any atom is -0.321 e. The van der Waals surface area contributed by atoms with Gasteiger partial charge in [0.1, 0.15) is 0 Å². The predicted molar refractivity (Wildman–Crippen MR) is 93.7 cm³/mol. The predicted octanol–water partition coefficient (Wildman–Crippen LogP) is 4.06. The summed E-state index contributed by atoms with van der Waals surface area (Å²) in [4.78, 5) is 24.7. The summed E-state index contributed by atoms with van der Waals surface area (Å²) in [6, 6.07) is 14.5. The smallest absolute Gasteiger partial charge is 0.321 e. The normalized spacial score (nSPS) is 11.1. The van der Waals surface area contributed by atoms with Gasteiger partial charge >= 0.3 is 6.18 Å². The van der Waals surface area contributed by atoms with Crippen LogP contribution in [0.4, 0.5) is 24.0 Å². The molecule has 0 aliphatic rings. The summed E-state index contributed by atoms with van der Waals surface area (Å²) >= 11 is 0.213. The van der Waals surface area contributed by atoms with Crippen LogP contribution in [0.1, 0.15) is 25.7 Å². The van der Waals surface area contributed by atoms with E-state index in [2.05, 4.69) is 20.8 Å². The highest BCUT2D eigenvalue weighted by Crippen LogP contribution is 2.33. The molecule has 0 aliphatic carbocycles. The van der Waals surface area contributed by atoms with Crippen LogP contribution in [-0.4, -0.2) is 22.0 Å². The van der Waals surface area contributed by atoms with Gasteiger partial charge in [0.15, 0.2) is 0 Å². The Morgan fingerprint density at radius 1 is 0.852 bits per heavy atom. The summed E-state index contributed by atoms with van der Waals surface area (Å²) in [5, 5.41) is 9.73. The number of alkyl halides is 3. The van der Waals surface area contributed by atoms with Crippen molar-refractivity contribution < 1.29 is 22.8 Å². The highest BCUT2D eigenvalue weighted by Gasteiger charge is 2.35. The van der Waals surface area contributed by atoms with E-state index in [1.54, 1.807) is 42.5 Å². The molecule has 0 atom stereocenters. The average Bonchev–Trinajstić information content (AvgIpc) is 3.12. The van der Waals surface area contributed by atoms with Gasteiger partial charge in [0.2, 0.25) is 10.1 Å². The van der Waals surface area contributed by atoms with Crippen LogP contribution in [0.15, 0.2) is 54.6 Å². The summed E-state index contributed by atoms with van der Waals surface area (Å²) < 4.78 is 37.7. The van der Waals surface area contributed by atoms with Crippen LogP contribution in [0.2, 0.25) is 0 Å². The molecule has 138 valence electrons. The second-order valence-corrected chi connectivity index (χ2v) is 6.21. The number of nitrogens with zero attached hydrogens (tertiary/aromatic N) is 2. The molecule has 2 N–H and O–H groups in total. The second kappa shape index (κ2) is 7.54. The number of amides is 2. The van der Waals surface area contributed by atoms with Gasteiger partial charge in [-0.25, -0.2) is 0 Å².